The van der Waals surface area contributed by atoms with Crippen molar-refractivity contribution in [1.82, 2.24) is 9.88 Å². The Kier molecular flexibility index (Phi) is 7.41. The number of thiazole rings is 1. The molecular weight excluding hydrogens is 352 g/mol. The lowest BCUT2D eigenvalue weighted by atomic mass is 10.1. The first-order valence-corrected chi connectivity index (χ1v) is 9.49. The standard InChI is InChI=1S/C19H26N2O4S/c1-5-19(23)21(13(2)3)9-14-6-7-16(24-4)17(8-14)25-11-18-20-15(10-22)12-26-18/h6-8,12-13,22H,5,9-11H2,1-4H3. The number of rotatable bonds is 9. The summed E-state index contributed by atoms with van der Waals surface area (Å²) in [6, 6.07) is 5.82. The second kappa shape index (κ2) is 9.54. The molecule has 0 aliphatic heterocycles. The first kappa shape index (κ1) is 20.2. The van der Waals surface area contributed by atoms with Crippen LogP contribution in [0.25, 0.3) is 0 Å². The van der Waals surface area contributed by atoms with Gasteiger partial charge in [0.25, 0.3) is 0 Å². The summed E-state index contributed by atoms with van der Waals surface area (Å²) in [5.41, 5.74) is 1.62. The van der Waals surface area contributed by atoms with E-state index >= 15 is 0 Å². The summed E-state index contributed by atoms with van der Waals surface area (Å²) in [7, 11) is 1.59. The summed E-state index contributed by atoms with van der Waals surface area (Å²) in [6.45, 7) is 6.63. The van der Waals surface area contributed by atoms with E-state index in [0.29, 0.717) is 36.8 Å². The Balaban J connectivity index is 2.14. The Bertz CT molecular complexity index is 730. The normalized spacial score (nSPS) is 10.8. The summed E-state index contributed by atoms with van der Waals surface area (Å²) < 4.78 is 11.3. The fourth-order valence-corrected chi connectivity index (χ4v) is 3.21. The average molecular weight is 378 g/mol. The van der Waals surface area contributed by atoms with Gasteiger partial charge in [-0.05, 0) is 31.5 Å². The number of ether oxygens (including phenoxy) is 2. The van der Waals surface area contributed by atoms with E-state index in [4.69, 9.17) is 14.6 Å². The van der Waals surface area contributed by atoms with Gasteiger partial charge in [-0.3, -0.25) is 4.79 Å². The highest BCUT2D eigenvalue weighted by Gasteiger charge is 2.17. The molecule has 1 amide bonds. The van der Waals surface area contributed by atoms with Crippen LogP contribution in [-0.2, 0) is 24.6 Å². The molecule has 2 aromatic rings. The molecule has 1 heterocycles. The largest absolute Gasteiger partial charge is 0.493 e. The molecule has 0 bridgehead atoms. The summed E-state index contributed by atoms with van der Waals surface area (Å²) in [5, 5.41) is 11.7. The molecule has 0 unspecified atom stereocenters. The van der Waals surface area contributed by atoms with Crippen LogP contribution in [0.1, 0.15) is 43.5 Å². The van der Waals surface area contributed by atoms with Crippen molar-refractivity contribution in [3.8, 4) is 11.5 Å². The third-order valence-corrected chi connectivity index (χ3v) is 4.81. The minimum absolute atomic E-state index is 0.0776. The molecule has 7 heteroatoms. The van der Waals surface area contributed by atoms with Crippen LogP contribution >= 0.6 is 11.3 Å². The molecule has 0 saturated heterocycles. The van der Waals surface area contributed by atoms with Crippen LogP contribution in [-0.4, -0.2) is 34.0 Å². The summed E-state index contributed by atoms with van der Waals surface area (Å²) in [4.78, 5) is 18.3. The van der Waals surface area contributed by atoms with E-state index in [-0.39, 0.29) is 18.6 Å². The Morgan fingerprint density at radius 3 is 2.69 bits per heavy atom. The molecule has 0 radical (unpaired) electrons. The van der Waals surface area contributed by atoms with Gasteiger partial charge in [-0.2, -0.15) is 0 Å². The van der Waals surface area contributed by atoms with Crippen LogP contribution in [0.3, 0.4) is 0 Å². The minimum Gasteiger partial charge on any atom is -0.493 e. The Morgan fingerprint density at radius 1 is 1.35 bits per heavy atom. The second-order valence-electron chi connectivity index (χ2n) is 6.13. The number of carbonyl (C=O) groups is 1. The van der Waals surface area contributed by atoms with Crippen molar-refractivity contribution < 1.29 is 19.4 Å². The number of benzene rings is 1. The predicted octanol–water partition coefficient (Wildman–Crippen LogP) is 3.37. The molecule has 1 aromatic carbocycles. The number of aliphatic hydroxyl groups is 1. The number of carbonyl (C=O) groups excluding carboxylic acids is 1. The summed E-state index contributed by atoms with van der Waals surface area (Å²) in [6.07, 6.45) is 0.481. The molecule has 142 valence electrons. The molecular formula is C19H26N2O4S. The Hall–Kier alpha value is -2.12. The number of nitrogens with zero attached hydrogens (tertiary/aromatic N) is 2. The number of methoxy groups -OCH3 is 1. The van der Waals surface area contributed by atoms with Crippen LogP contribution < -0.4 is 9.47 Å². The number of aromatic nitrogens is 1. The maximum atomic E-state index is 12.2. The fourth-order valence-electron chi connectivity index (χ4n) is 2.52. The SMILES string of the molecule is CCC(=O)N(Cc1ccc(OC)c(OCc2nc(CO)cs2)c1)C(C)C. The third-order valence-electron chi connectivity index (χ3n) is 3.94. The van der Waals surface area contributed by atoms with E-state index in [0.717, 1.165) is 10.6 Å². The zero-order valence-corrected chi connectivity index (χ0v) is 16.5. The van der Waals surface area contributed by atoms with Crippen LogP contribution in [0, 0.1) is 0 Å². The quantitative estimate of drug-likeness (QED) is 0.724. The fraction of sp³-hybridized carbons (Fsp3) is 0.474. The van der Waals surface area contributed by atoms with Crippen molar-refractivity contribution in [2.45, 2.75) is 53.0 Å². The van der Waals surface area contributed by atoms with E-state index in [1.165, 1.54) is 11.3 Å². The molecule has 0 fully saturated rings. The summed E-state index contributed by atoms with van der Waals surface area (Å²) in [5.74, 6) is 1.36. The lowest BCUT2D eigenvalue weighted by molar-refractivity contribution is -0.133. The van der Waals surface area contributed by atoms with Gasteiger partial charge in [0.2, 0.25) is 5.91 Å². The predicted molar refractivity (Wildman–Crippen MR) is 101 cm³/mol. The zero-order valence-electron chi connectivity index (χ0n) is 15.7. The van der Waals surface area contributed by atoms with Crippen molar-refractivity contribution >= 4 is 17.2 Å². The minimum atomic E-state index is -0.0776. The first-order chi connectivity index (χ1) is 12.5. The number of aliphatic hydroxyl groups excluding tert-OH is 1. The van der Waals surface area contributed by atoms with E-state index in [9.17, 15) is 4.79 Å². The van der Waals surface area contributed by atoms with Crippen molar-refractivity contribution in [2.24, 2.45) is 0 Å². The van der Waals surface area contributed by atoms with Gasteiger partial charge in [0.15, 0.2) is 11.5 Å². The first-order valence-electron chi connectivity index (χ1n) is 8.61. The van der Waals surface area contributed by atoms with Crippen molar-refractivity contribution in [3.63, 3.8) is 0 Å². The van der Waals surface area contributed by atoms with Crippen LogP contribution in [0.5, 0.6) is 11.5 Å². The van der Waals surface area contributed by atoms with E-state index in [1.54, 1.807) is 7.11 Å². The van der Waals surface area contributed by atoms with Gasteiger partial charge < -0.3 is 19.5 Å². The monoisotopic (exact) mass is 378 g/mol. The molecule has 0 atom stereocenters. The molecule has 1 N–H and O–H groups in total. The molecule has 2 rings (SSSR count). The number of hydrogen-bond acceptors (Lipinski definition) is 6. The van der Waals surface area contributed by atoms with Gasteiger partial charge in [0, 0.05) is 24.4 Å². The highest BCUT2D eigenvalue weighted by molar-refractivity contribution is 7.09. The molecule has 26 heavy (non-hydrogen) atoms. The lowest BCUT2D eigenvalue weighted by Gasteiger charge is -2.27. The van der Waals surface area contributed by atoms with Gasteiger partial charge in [0.1, 0.15) is 11.6 Å². The highest BCUT2D eigenvalue weighted by atomic mass is 32.1. The molecule has 0 aliphatic rings. The third kappa shape index (κ3) is 5.19. The molecule has 0 spiro atoms. The van der Waals surface area contributed by atoms with Crippen LogP contribution in [0.4, 0.5) is 0 Å². The van der Waals surface area contributed by atoms with E-state index in [1.807, 2.05) is 49.3 Å². The van der Waals surface area contributed by atoms with Gasteiger partial charge in [-0.15, -0.1) is 11.3 Å². The van der Waals surface area contributed by atoms with E-state index < -0.39 is 0 Å². The molecule has 1 aromatic heterocycles. The number of amides is 1. The average Bonchev–Trinajstić information content (AvgIpc) is 3.11. The van der Waals surface area contributed by atoms with Crippen molar-refractivity contribution in [2.75, 3.05) is 7.11 Å². The maximum absolute atomic E-state index is 12.2. The Labute approximate surface area is 158 Å². The van der Waals surface area contributed by atoms with Crippen LogP contribution in [0.2, 0.25) is 0 Å². The van der Waals surface area contributed by atoms with Crippen LogP contribution in [0.15, 0.2) is 23.6 Å². The second-order valence-corrected chi connectivity index (χ2v) is 7.08. The topological polar surface area (TPSA) is 71.9 Å². The zero-order chi connectivity index (χ0) is 19.1. The van der Waals surface area contributed by atoms with E-state index in [2.05, 4.69) is 4.98 Å². The summed E-state index contributed by atoms with van der Waals surface area (Å²) >= 11 is 1.44. The maximum Gasteiger partial charge on any atom is 0.222 e. The highest BCUT2D eigenvalue weighted by Crippen LogP contribution is 2.30. The van der Waals surface area contributed by atoms with Gasteiger partial charge >= 0.3 is 0 Å². The van der Waals surface area contributed by atoms with Gasteiger partial charge in [0.05, 0.1) is 19.4 Å². The Morgan fingerprint density at radius 2 is 2.12 bits per heavy atom. The van der Waals surface area contributed by atoms with Gasteiger partial charge in [-0.1, -0.05) is 13.0 Å². The molecule has 0 saturated carbocycles. The number of hydrogen-bond donors (Lipinski definition) is 1. The smallest absolute Gasteiger partial charge is 0.222 e. The molecule has 0 aliphatic carbocycles. The van der Waals surface area contributed by atoms with Gasteiger partial charge in [-0.25, -0.2) is 4.98 Å². The lowest BCUT2D eigenvalue weighted by Crippen LogP contribution is -2.35. The molecule has 6 nitrogen and oxygen atoms in total. The van der Waals surface area contributed by atoms with Crippen molar-refractivity contribution in [3.05, 3.63) is 39.8 Å². The van der Waals surface area contributed by atoms with Crippen molar-refractivity contribution in [1.29, 1.82) is 0 Å².